The fourth-order valence-electron chi connectivity index (χ4n) is 2.63. The van der Waals surface area contributed by atoms with Gasteiger partial charge in [0.25, 0.3) is 5.91 Å². The van der Waals surface area contributed by atoms with E-state index in [-0.39, 0.29) is 24.6 Å². The lowest BCUT2D eigenvalue weighted by molar-refractivity contribution is 0.0163. The molecule has 0 radical (unpaired) electrons. The molecule has 0 saturated carbocycles. The van der Waals surface area contributed by atoms with Crippen LogP contribution in [0.4, 0.5) is 15.8 Å². The number of hydrogen-bond acceptors (Lipinski definition) is 6. The molecular formula is C17H18FN5O3. The summed E-state index contributed by atoms with van der Waals surface area (Å²) in [5.74, 6) is -1.00. The number of rotatable bonds is 6. The highest BCUT2D eigenvalue weighted by molar-refractivity contribution is 6.08. The molecule has 0 spiro atoms. The number of aromatic nitrogens is 3. The van der Waals surface area contributed by atoms with Gasteiger partial charge in [-0.05, 0) is 24.6 Å². The average molecular weight is 359 g/mol. The topological polar surface area (TPSA) is 101 Å². The van der Waals surface area contributed by atoms with Crippen molar-refractivity contribution < 1.29 is 19.1 Å². The van der Waals surface area contributed by atoms with Crippen molar-refractivity contribution in [2.24, 2.45) is 7.05 Å². The number of nitrogens with one attached hydrogen (secondary N) is 2. The fraction of sp³-hybridized carbons (Fsp3) is 0.235. The van der Waals surface area contributed by atoms with Gasteiger partial charge in [0, 0.05) is 13.2 Å². The minimum atomic E-state index is -0.561. The SMILES string of the molecule is Cc1ccc(Nc2c(C(=O)NOCCO)n(C)c3ncncc23)c(F)c1. The molecule has 9 heteroatoms. The van der Waals surface area contributed by atoms with E-state index in [0.29, 0.717) is 16.7 Å². The lowest BCUT2D eigenvalue weighted by Crippen LogP contribution is -2.27. The summed E-state index contributed by atoms with van der Waals surface area (Å²) < 4.78 is 15.8. The molecule has 0 aliphatic heterocycles. The van der Waals surface area contributed by atoms with Crippen molar-refractivity contribution in [2.75, 3.05) is 18.5 Å². The van der Waals surface area contributed by atoms with Gasteiger partial charge >= 0.3 is 0 Å². The molecule has 3 aromatic rings. The van der Waals surface area contributed by atoms with Crippen LogP contribution in [0.3, 0.4) is 0 Å². The Labute approximate surface area is 148 Å². The Kier molecular flexibility index (Phi) is 5.10. The predicted molar refractivity (Wildman–Crippen MR) is 93.4 cm³/mol. The Morgan fingerprint density at radius 2 is 2.23 bits per heavy atom. The molecule has 8 nitrogen and oxygen atoms in total. The number of aliphatic hydroxyl groups excluding tert-OH is 1. The van der Waals surface area contributed by atoms with E-state index in [2.05, 4.69) is 20.8 Å². The maximum Gasteiger partial charge on any atom is 0.293 e. The molecule has 0 bridgehead atoms. The second-order valence-corrected chi connectivity index (χ2v) is 5.65. The third-order valence-corrected chi connectivity index (χ3v) is 3.81. The number of fused-ring (bicyclic) bond motifs is 1. The lowest BCUT2D eigenvalue weighted by Gasteiger charge is -2.11. The number of anilines is 2. The van der Waals surface area contributed by atoms with Crippen molar-refractivity contribution in [3.05, 3.63) is 47.8 Å². The van der Waals surface area contributed by atoms with Crippen LogP contribution in [0.1, 0.15) is 16.1 Å². The van der Waals surface area contributed by atoms with Gasteiger partial charge in [-0.3, -0.25) is 9.63 Å². The first-order valence-electron chi connectivity index (χ1n) is 7.87. The van der Waals surface area contributed by atoms with E-state index in [1.165, 1.54) is 12.4 Å². The van der Waals surface area contributed by atoms with E-state index in [1.807, 2.05) is 0 Å². The monoisotopic (exact) mass is 359 g/mol. The summed E-state index contributed by atoms with van der Waals surface area (Å²) in [7, 11) is 1.66. The molecule has 26 heavy (non-hydrogen) atoms. The van der Waals surface area contributed by atoms with Crippen LogP contribution in [0.25, 0.3) is 11.0 Å². The molecule has 3 N–H and O–H groups in total. The Hall–Kier alpha value is -3.04. The van der Waals surface area contributed by atoms with Crippen molar-refractivity contribution in [1.82, 2.24) is 20.0 Å². The second-order valence-electron chi connectivity index (χ2n) is 5.65. The van der Waals surface area contributed by atoms with Crippen molar-refractivity contribution in [2.45, 2.75) is 6.92 Å². The van der Waals surface area contributed by atoms with Gasteiger partial charge < -0.3 is 15.0 Å². The van der Waals surface area contributed by atoms with Gasteiger partial charge in [0.15, 0.2) is 0 Å². The normalized spacial score (nSPS) is 10.9. The van der Waals surface area contributed by atoms with E-state index in [9.17, 15) is 9.18 Å². The summed E-state index contributed by atoms with van der Waals surface area (Å²) in [5, 5.41) is 12.3. The lowest BCUT2D eigenvalue weighted by atomic mass is 10.2. The molecule has 1 aromatic carbocycles. The van der Waals surface area contributed by atoms with Crippen molar-refractivity contribution in [1.29, 1.82) is 0 Å². The van der Waals surface area contributed by atoms with Gasteiger partial charge in [-0.2, -0.15) is 0 Å². The van der Waals surface area contributed by atoms with Crippen LogP contribution < -0.4 is 10.8 Å². The zero-order valence-electron chi connectivity index (χ0n) is 14.3. The summed E-state index contributed by atoms with van der Waals surface area (Å²) in [6.45, 7) is 1.50. The molecule has 0 aliphatic carbocycles. The van der Waals surface area contributed by atoms with Gasteiger partial charge in [-0.1, -0.05) is 6.07 Å². The maximum absolute atomic E-state index is 14.3. The quantitative estimate of drug-likeness (QED) is 0.458. The number of halogens is 1. The largest absolute Gasteiger partial charge is 0.394 e. The number of aliphatic hydroxyl groups is 1. The molecule has 136 valence electrons. The van der Waals surface area contributed by atoms with Gasteiger partial charge in [-0.25, -0.2) is 19.8 Å². The third-order valence-electron chi connectivity index (χ3n) is 3.81. The third kappa shape index (κ3) is 3.35. The van der Waals surface area contributed by atoms with Crippen LogP contribution in [0.15, 0.2) is 30.7 Å². The number of carbonyl (C=O) groups excluding carboxylic acids is 1. The summed E-state index contributed by atoms with van der Waals surface area (Å²) in [6.07, 6.45) is 2.91. The van der Waals surface area contributed by atoms with Crippen LogP contribution in [0.2, 0.25) is 0 Å². The smallest absolute Gasteiger partial charge is 0.293 e. The number of hydroxylamine groups is 1. The number of amides is 1. The highest BCUT2D eigenvalue weighted by Crippen LogP contribution is 2.32. The molecule has 0 aliphatic rings. The Morgan fingerprint density at radius 3 is 2.96 bits per heavy atom. The first-order chi connectivity index (χ1) is 12.5. The van der Waals surface area contributed by atoms with Gasteiger partial charge in [0.1, 0.15) is 23.5 Å². The molecule has 1 amide bonds. The number of carbonyl (C=O) groups is 1. The molecule has 0 fully saturated rings. The first kappa shape index (κ1) is 17.8. The Morgan fingerprint density at radius 1 is 1.42 bits per heavy atom. The van der Waals surface area contributed by atoms with Crippen molar-refractivity contribution >= 4 is 28.3 Å². The predicted octanol–water partition coefficient (Wildman–Crippen LogP) is 1.81. The highest BCUT2D eigenvalue weighted by atomic mass is 19.1. The molecular weight excluding hydrogens is 341 g/mol. The zero-order chi connectivity index (χ0) is 18.7. The maximum atomic E-state index is 14.3. The van der Waals surface area contributed by atoms with Crippen LogP contribution >= 0.6 is 0 Å². The van der Waals surface area contributed by atoms with E-state index >= 15 is 0 Å². The van der Waals surface area contributed by atoms with E-state index in [0.717, 1.165) is 5.56 Å². The van der Waals surface area contributed by atoms with E-state index < -0.39 is 11.7 Å². The minimum Gasteiger partial charge on any atom is -0.394 e. The van der Waals surface area contributed by atoms with Crippen LogP contribution in [0, 0.1) is 12.7 Å². The molecule has 2 heterocycles. The van der Waals surface area contributed by atoms with E-state index in [1.54, 1.807) is 36.9 Å². The average Bonchev–Trinajstić information content (AvgIpc) is 2.90. The number of benzene rings is 1. The number of hydrogen-bond donors (Lipinski definition) is 3. The number of nitrogens with zero attached hydrogens (tertiary/aromatic N) is 3. The minimum absolute atomic E-state index is 0.0508. The molecule has 0 saturated heterocycles. The Balaban J connectivity index is 2.07. The van der Waals surface area contributed by atoms with Crippen LogP contribution in [-0.4, -0.2) is 38.8 Å². The van der Waals surface area contributed by atoms with Crippen LogP contribution in [0.5, 0.6) is 0 Å². The van der Waals surface area contributed by atoms with Gasteiger partial charge in [0.05, 0.1) is 30.0 Å². The first-order valence-corrected chi connectivity index (χ1v) is 7.87. The standard InChI is InChI=1S/C17H18FN5O3/c1-10-3-4-13(12(18)7-10)21-14-11-8-19-9-20-16(11)23(2)15(14)17(25)22-26-6-5-24/h3-4,7-9,21,24H,5-6H2,1-2H3,(H,22,25). The van der Waals surface area contributed by atoms with Crippen molar-refractivity contribution in [3.8, 4) is 0 Å². The number of aryl methyl sites for hydroxylation is 2. The summed E-state index contributed by atoms with van der Waals surface area (Å²) in [5.41, 5.74) is 4.30. The van der Waals surface area contributed by atoms with Gasteiger partial charge in [0.2, 0.25) is 0 Å². The Bertz CT molecular complexity index is 957. The second kappa shape index (κ2) is 7.46. The van der Waals surface area contributed by atoms with Gasteiger partial charge in [-0.15, -0.1) is 0 Å². The van der Waals surface area contributed by atoms with Crippen molar-refractivity contribution in [3.63, 3.8) is 0 Å². The molecule has 3 rings (SSSR count). The molecule has 0 atom stereocenters. The zero-order valence-corrected chi connectivity index (χ0v) is 14.3. The van der Waals surface area contributed by atoms with Crippen LogP contribution in [-0.2, 0) is 11.9 Å². The highest BCUT2D eigenvalue weighted by Gasteiger charge is 2.23. The molecule has 2 aromatic heterocycles. The fourth-order valence-corrected chi connectivity index (χ4v) is 2.63. The van der Waals surface area contributed by atoms with E-state index in [4.69, 9.17) is 9.94 Å². The summed E-state index contributed by atoms with van der Waals surface area (Å²) in [4.78, 5) is 25.6. The molecule has 0 unspecified atom stereocenters. The summed E-state index contributed by atoms with van der Waals surface area (Å²) in [6, 6.07) is 4.75. The summed E-state index contributed by atoms with van der Waals surface area (Å²) >= 11 is 0.